The smallest absolute Gasteiger partial charge is 0.224 e. The molecule has 0 radical (unpaired) electrons. The van der Waals surface area contributed by atoms with Crippen LogP contribution in [0.3, 0.4) is 0 Å². The highest BCUT2D eigenvalue weighted by Crippen LogP contribution is 2.30. The van der Waals surface area contributed by atoms with Gasteiger partial charge in [0.1, 0.15) is 18.2 Å². The minimum absolute atomic E-state index is 0.108. The van der Waals surface area contributed by atoms with E-state index < -0.39 is 0 Å². The number of carbonyl (C=O) groups is 1. The largest absolute Gasteiger partial charge is 0.488 e. The minimum atomic E-state index is -0.288. The van der Waals surface area contributed by atoms with Gasteiger partial charge in [0.2, 0.25) is 6.41 Å². The molecule has 33 heavy (non-hydrogen) atoms. The molecule has 0 aromatic heterocycles. The Morgan fingerprint density at radius 1 is 1.12 bits per heavy atom. The number of nitrogens with zero attached hydrogens (tertiary/aromatic N) is 2. The first-order chi connectivity index (χ1) is 15.5. The molecular weight excluding hydrogens is 421 g/mol. The molecule has 0 saturated carbocycles. The van der Waals surface area contributed by atoms with E-state index in [1.807, 2.05) is 37.3 Å². The van der Waals surface area contributed by atoms with Crippen molar-refractivity contribution in [2.24, 2.45) is 0 Å². The van der Waals surface area contributed by atoms with Crippen molar-refractivity contribution in [3.63, 3.8) is 0 Å². The second-order valence-corrected chi connectivity index (χ2v) is 9.95. The molecule has 6 nitrogen and oxygen atoms in total. The lowest BCUT2D eigenvalue weighted by Gasteiger charge is -2.47. The summed E-state index contributed by atoms with van der Waals surface area (Å²) in [6.45, 7) is 12.7. The molecule has 0 aliphatic carbocycles. The van der Waals surface area contributed by atoms with Crippen molar-refractivity contribution in [1.82, 2.24) is 15.3 Å². The molecule has 7 heteroatoms. The first kappa shape index (κ1) is 25.1. The molecule has 2 aromatic carbocycles. The zero-order valence-corrected chi connectivity index (χ0v) is 20.6. The molecule has 3 rings (SSSR count). The molecule has 0 bridgehead atoms. The maximum atomic E-state index is 15.4. The van der Waals surface area contributed by atoms with Crippen LogP contribution < -0.4 is 10.2 Å². The third-order valence-electron chi connectivity index (χ3n) is 5.81. The average molecular weight is 458 g/mol. The molecule has 1 amide bonds. The highest BCUT2D eigenvalue weighted by Gasteiger charge is 2.38. The predicted molar refractivity (Wildman–Crippen MR) is 127 cm³/mol. The maximum Gasteiger partial charge on any atom is 0.224 e. The van der Waals surface area contributed by atoms with E-state index in [0.717, 1.165) is 30.6 Å². The van der Waals surface area contributed by atoms with Crippen LogP contribution in [-0.4, -0.2) is 47.7 Å². The first-order valence-electron chi connectivity index (χ1n) is 11.3. The fourth-order valence-corrected chi connectivity index (χ4v) is 4.67. The summed E-state index contributed by atoms with van der Waals surface area (Å²) in [7, 11) is 1.69. The first-order valence-corrected chi connectivity index (χ1v) is 11.3. The number of hydrazine groups is 1. The van der Waals surface area contributed by atoms with Crippen molar-refractivity contribution in [2.75, 3.05) is 20.1 Å². The number of aryl methyl sites for hydroxylation is 1. The van der Waals surface area contributed by atoms with Gasteiger partial charge in [0, 0.05) is 43.4 Å². The second kappa shape index (κ2) is 10.2. The number of ether oxygens (including phenoxy) is 2. The molecule has 1 aliphatic heterocycles. The molecule has 0 atom stereocenters. The standard InChI is InChI=1S/C26H36FN3O3/c1-19-9-7-12-23(22(19)14-30(18-31)28-6)32-15-21-11-8-10-20(24(21)27)13-29-16-25(2,3)33-26(4,5)17-29/h7-12,18,28H,13-17H2,1-6H3. The Morgan fingerprint density at radius 2 is 1.76 bits per heavy atom. The van der Waals surface area contributed by atoms with Crippen LogP contribution in [0.5, 0.6) is 5.75 Å². The van der Waals surface area contributed by atoms with Gasteiger partial charge >= 0.3 is 0 Å². The van der Waals surface area contributed by atoms with E-state index in [1.165, 1.54) is 5.01 Å². The summed E-state index contributed by atoms with van der Waals surface area (Å²) in [6.07, 6.45) is 0.730. The highest BCUT2D eigenvalue weighted by molar-refractivity contribution is 5.48. The van der Waals surface area contributed by atoms with Crippen molar-refractivity contribution in [3.05, 3.63) is 64.5 Å². The van der Waals surface area contributed by atoms with Crippen molar-refractivity contribution >= 4 is 6.41 Å². The number of benzene rings is 2. The van der Waals surface area contributed by atoms with Gasteiger partial charge in [-0.25, -0.2) is 9.82 Å². The molecule has 1 saturated heterocycles. The van der Waals surface area contributed by atoms with Crippen molar-refractivity contribution in [2.45, 2.75) is 65.5 Å². The van der Waals surface area contributed by atoms with Crippen molar-refractivity contribution in [1.29, 1.82) is 0 Å². The number of nitrogens with one attached hydrogen (secondary N) is 1. The van der Waals surface area contributed by atoms with Gasteiger partial charge in [-0.2, -0.15) is 0 Å². The summed E-state index contributed by atoms with van der Waals surface area (Å²) >= 11 is 0. The van der Waals surface area contributed by atoms with Gasteiger partial charge in [-0.15, -0.1) is 0 Å². The molecule has 0 unspecified atom stereocenters. The SMILES string of the molecule is CNN(C=O)Cc1c(C)cccc1OCc1cccc(CN2CC(C)(C)OC(C)(C)C2)c1F. The van der Waals surface area contributed by atoms with E-state index in [0.29, 0.717) is 30.0 Å². The molecule has 1 N–H and O–H groups in total. The lowest BCUT2D eigenvalue weighted by atomic mass is 9.98. The average Bonchev–Trinajstić information content (AvgIpc) is 2.71. The van der Waals surface area contributed by atoms with Gasteiger partial charge in [-0.05, 0) is 46.2 Å². The maximum absolute atomic E-state index is 15.4. The van der Waals surface area contributed by atoms with Crippen LogP contribution in [0, 0.1) is 12.7 Å². The van der Waals surface area contributed by atoms with E-state index >= 15 is 4.39 Å². The third-order valence-corrected chi connectivity index (χ3v) is 5.81. The lowest BCUT2D eigenvalue weighted by molar-refractivity contribution is -0.182. The zero-order chi connectivity index (χ0) is 24.2. The second-order valence-electron chi connectivity index (χ2n) is 9.95. The van der Waals surface area contributed by atoms with Gasteiger partial charge < -0.3 is 9.47 Å². The van der Waals surface area contributed by atoms with Gasteiger partial charge in [-0.3, -0.25) is 14.7 Å². The summed E-state index contributed by atoms with van der Waals surface area (Å²) in [6, 6.07) is 11.2. The number of morpholine rings is 1. The van der Waals surface area contributed by atoms with Crippen LogP contribution in [-0.2, 0) is 29.2 Å². The van der Waals surface area contributed by atoms with E-state index in [9.17, 15) is 4.79 Å². The van der Waals surface area contributed by atoms with Gasteiger partial charge in [0.15, 0.2) is 0 Å². The van der Waals surface area contributed by atoms with Crippen LogP contribution in [0.25, 0.3) is 0 Å². The molecular formula is C26H36FN3O3. The topological polar surface area (TPSA) is 54.0 Å². The predicted octanol–water partition coefficient (Wildman–Crippen LogP) is 4.20. The number of rotatable bonds is 9. The fraction of sp³-hybridized carbons (Fsp3) is 0.500. The summed E-state index contributed by atoms with van der Waals surface area (Å²) < 4.78 is 27.6. The zero-order valence-electron chi connectivity index (χ0n) is 20.6. The lowest BCUT2D eigenvalue weighted by Crippen LogP contribution is -2.56. The van der Waals surface area contributed by atoms with Crippen molar-refractivity contribution in [3.8, 4) is 5.75 Å². The van der Waals surface area contributed by atoms with Gasteiger partial charge in [0.05, 0.1) is 17.7 Å². The summed E-state index contributed by atoms with van der Waals surface area (Å²) in [5.74, 6) is 0.400. The van der Waals surface area contributed by atoms with Crippen LogP contribution in [0.2, 0.25) is 0 Å². The number of carbonyl (C=O) groups excluding carboxylic acids is 1. The van der Waals surface area contributed by atoms with E-state index in [1.54, 1.807) is 13.1 Å². The van der Waals surface area contributed by atoms with Crippen LogP contribution in [0.4, 0.5) is 4.39 Å². The number of hydrogen-bond donors (Lipinski definition) is 1. The summed E-state index contributed by atoms with van der Waals surface area (Å²) in [5.41, 5.74) is 5.29. The fourth-order valence-electron chi connectivity index (χ4n) is 4.67. The Hall–Kier alpha value is -2.48. The quantitative estimate of drug-likeness (QED) is 0.452. The Labute approximate surface area is 196 Å². The van der Waals surface area contributed by atoms with Crippen LogP contribution in [0.15, 0.2) is 36.4 Å². The molecule has 180 valence electrons. The number of amides is 1. The molecule has 1 fully saturated rings. The normalized spacial score (nSPS) is 17.5. The van der Waals surface area contributed by atoms with Crippen molar-refractivity contribution < 1.29 is 18.7 Å². The summed E-state index contributed by atoms with van der Waals surface area (Å²) in [5, 5.41) is 1.43. The molecule has 1 aliphatic rings. The Morgan fingerprint density at radius 3 is 2.39 bits per heavy atom. The van der Waals surface area contributed by atoms with E-state index in [-0.39, 0.29) is 23.6 Å². The van der Waals surface area contributed by atoms with Crippen LogP contribution >= 0.6 is 0 Å². The molecule has 1 heterocycles. The highest BCUT2D eigenvalue weighted by atomic mass is 19.1. The minimum Gasteiger partial charge on any atom is -0.488 e. The Bertz CT molecular complexity index is 961. The van der Waals surface area contributed by atoms with Crippen LogP contribution in [0.1, 0.15) is 49.9 Å². The van der Waals surface area contributed by atoms with E-state index in [2.05, 4.69) is 38.0 Å². The molecule has 0 spiro atoms. The summed E-state index contributed by atoms with van der Waals surface area (Å²) in [4.78, 5) is 13.5. The molecule has 2 aromatic rings. The Kier molecular flexibility index (Phi) is 7.77. The number of hydrogen-bond acceptors (Lipinski definition) is 5. The third kappa shape index (κ3) is 6.53. The monoisotopic (exact) mass is 457 g/mol. The van der Waals surface area contributed by atoms with Gasteiger partial charge in [0.25, 0.3) is 0 Å². The van der Waals surface area contributed by atoms with Gasteiger partial charge in [-0.1, -0.05) is 30.3 Å². The number of halogens is 1. The Balaban J connectivity index is 1.75. The van der Waals surface area contributed by atoms with E-state index in [4.69, 9.17) is 9.47 Å².